The van der Waals surface area contributed by atoms with Gasteiger partial charge in [-0.25, -0.2) is 9.07 Å². The van der Waals surface area contributed by atoms with Gasteiger partial charge in [0.15, 0.2) is 0 Å². The number of benzene rings is 1. The molecule has 0 saturated carbocycles. The summed E-state index contributed by atoms with van der Waals surface area (Å²) in [5.74, 6) is -0.474. The van der Waals surface area contributed by atoms with Gasteiger partial charge in [-0.05, 0) is 18.6 Å². The monoisotopic (exact) mass is 268 g/mol. The highest BCUT2D eigenvalue weighted by Crippen LogP contribution is 2.21. The highest BCUT2D eigenvalue weighted by atomic mass is 35.5. The van der Waals surface area contributed by atoms with Gasteiger partial charge in [0.25, 0.3) is 0 Å². The maximum Gasteiger partial charge on any atom is 0.143 e. The highest BCUT2D eigenvalue weighted by Gasteiger charge is 2.12. The molecule has 1 aromatic carbocycles. The number of hydrogen-bond donors (Lipinski definition) is 1. The molecule has 0 aliphatic heterocycles. The van der Waals surface area contributed by atoms with Crippen LogP contribution in [-0.2, 0) is 13.0 Å². The first kappa shape index (κ1) is 13.1. The second-order valence-electron chi connectivity index (χ2n) is 4.03. The van der Waals surface area contributed by atoms with E-state index >= 15 is 0 Å². The summed E-state index contributed by atoms with van der Waals surface area (Å²) in [4.78, 5) is 0. The molecule has 3 nitrogen and oxygen atoms in total. The number of nitrogens with zero attached hydrogens (tertiary/aromatic N) is 2. The summed E-state index contributed by atoms with van der Waals surface area (Å²) < 4.78 is 15.1. The van der Waals surface area contributed by atoms with E-state index < -0.39 is 5.82 Å². The number of aromatic nitrogens is 2. The largest absolute Gasteiger partial charge is 0.392 e. The lowest BCUT2D eigenvalue weighted by atomic mass is 10.1. The first-order valence-electron chi connectivity index (χ1n) is 5.79. The normalized spacial score (nSPS) is 10.9. The lowest BCUT2D eigenvalue weighted by molar-refractivity contribution is 0.280. The van der Waals surface area contributed by atoms with E-state index in [0.29, 0.717) is 5.69 Å². The Balaban J connectivity index is 2.49. The van der Waals surface area contributed by atoms with Crippen LogP contribution in [0.25, 0.3) is 5.69 Å². The van der Waals surface area contributed by atoms with Crippen LogP contribution in [-0.4, -0.2) is 14.9 Å². The number of halogens is 2. The van der Waals surface area contributed by atoms with Crippen LogP contribution in [0.15, 0.2) is 24.4 Å². The summed E-state index contributed by atoms with van der Waals surface area (Å²) in [5.41, 5.74) is 2.29. The first-order valence-corrected chi connectivity index (χ1v) is 6.17. The molecule has 1 aromatic heterocycles. The van der Waals surface area contributed by atoms with Crippen molar-refractivity contribution >= 4 is 11.6 Å². The molecule has 0 unspecified atom stereocenters. The van der Waals surface area contributed by atoms with Gasteiger partial charge in [0, 0.05) is 17.3 Å². The van der Waals surface area contributed by atoms with Gasteiger partial charge in [0.1, 0.15) is 5.82 Å². The third-order valence-corrected chi connectivity index (χ3v) is 3.07. The summed E-state index contributed by atoms with van der Waals surface area (Å²) in [7, 11) is 0. The summed E-state index contributed by atoms with van der Waals surface area (Å²) in [5, 5.41) is 13.5. The molecular weight excluding hydrogens is 255 g/mol. The second kappa shape index (κ2) is 5.50. The Hall–Kier alpha value is -1.39. The summed E-state index contributed by atoms with van der Waals surface area (Å²) >= 11 is 5.66. The molecule has 0 spiro atoms. The Morgan fingerprint density at radius 2 is 2.22 bits per heavy atom. The van der Waals surface area contributed by atoms with Crippen molar-refractivity contribution in [3.8, 4) is 5.69 Å². The predicted octanol–water partition coefficient (Wildman–Crippen LogP) is 3.11. The minimum Gasteiger partial charge on any atom is -0.392 e. The summed E-state index contributed by atoms with van der Waals surface area (Å²) in [6.07, 6.45) is 3.31. The summed E-state index contributed by atoms with van der Waals surface area (Å²) in [6, 6.07) is 4.55. The van der Waals surface area contributed by atoms with E-state index in [0.717, 1.165) is 24.1 Å². The van der Waals surface area contributed by atoms with Gasteiger partial charge in [-0.1, -0.05) is 24.9 Å². The van der Waals surface area contributed by atoms with Crippen molar-refractivity contribution in [2.45, 2.75) is 26.4 Å². The number of aliphatic hydroxyl groups is 1. The average Bonchev–Trinajstić information content (AvgIpc) is 2.76. The van der Waals surface area contributed by atoms with E-state index in [2.05, 4.69) is 5.10 Å². The SMILES string of the molecule is CCCc1c(CO)cnn1-c1ccc(Cl)c(F)c1. The van der Waals surface area contributed by atoms with Crippen LogP contribution in [0.1, 0.15) is 24.6 Å². The second-order valence-corrected chi connectivity index (χ2v) is 4.44. The van der Waals surface area contributed by atoms with Gasteiger partial charge in [-0.15, -0.1) is 0 Å². The molecule has 0 aliphatic rings. The van der Waals surface area contributed by atoms with Crippen molar-refractivity contribution in [2.75, 3.05) is 0 Å². The molecule has 0 bridgehead atoms. The number of rotatable bonds is 4. The zero-order valence-corrected chi connectivity index (χ0v) is 10.8. The molecule has 0 radical (unpaired) electrons. The van der Waals surface area contributed by atoms with Gasteiger partial charge < -0.3 is 5.11 Å². The zero-order chi connectivity index (χ0) is 13.1. The van der Waals surface area contributed by atoms with Crippen molar-refractivity contribution in [1.29, 1.82) is 0 Å². The lowest BCUT2D eigenvalue weighted by Crippen LogP contribution is -2.04. The quantitative estimate of drug-likeness (QED) is 0.925. The van der Waals surface area contributed by atoms with E-state index in [9.17, 15) is 9.50 Å². The fourth-order valence-corrected chi connectivity index (χ4v) is 2.00. The van der Waals surface area contributed by atoms with Crippen LogP contribution < -0.4 is 0 Å². The minimum atomic E-state index is -0.474. The topological polar surface area (TPSA) is 38.1 Å². The summed E-state index contributed by atoms with van der Waals surface area (Å²) in [6.45, 7) is 1.98. The maximum absolute atomic E-state index is 13.4. The van der Waals surface area contributed by atoms with Gasteiger partial charge >= 0.3 is 0 Å². The average molecular weight is 269 g/mol. The number of hydrogen-bond acceptors (Lipinski definition) is 2. The van der Waals surface area contributed by atoms with Gasteiger partial charge in [-0.2, -0.15) is 5.10 Å². The molecular formula is C13H14ClFN2O. The molecule has 0 amide bonds. The lowest BCUT2D eigenvalue weighted by Gasteiger charge is -2.08. The Bertz CT molecular complexity index is 554. The smallest absolute Gasteiger partial charge is 0.143 e. The Morgan fingerprint density at radius 1 is 1.44 bits per heavy atom. The molecule has 2 aromatic rings. The highest BCUT2D eigenvalue weighted by molar-refractivity contribution is 6.30. The van der Waals surface area contributed by atoms with E-state index in [1.54, 1.807) is 16.9 Å². The first-order chi connectivity index (χ1) is 8.67. The van der Waals surface area contributed by atoms with Crippen molar-refractivity contribution in [3.63, 3.8) is 0 Å². The zero-order valence-electron chi connectivity index (χ0n) is 10.0. The van der Waals surface area contributed by atoms with E-state index in [4.69, 9.17) is 11.6 Å². The Morgan fingerprint density at radius 3 is 2.83 bits per heavy atom. The van der Waals surface area contributed by atoms with Crippen LogP contribution in [0.2, 0.25) is 5.02 Å². The van der Waals surface area contributed by atoms with Gasteiger partial charge in [0.2, 0.25) is 0 Å². The molecule has 2 rings (SSSR count). The van der Waals surface area contributed by atoms with Crippen LogP contribution in [0, 0.1) is 5.82 Å². The van der Waals surface area contributed by atoms with E-state index in [-0.39, 0.29) is 11.6 Å². The molecule has 0 aliphatic carbocycles. The third kappa shape index (κ3) is 2.40. The van der Waals surface area contributed by atoms with Crippen molar-refractivity contribution in [2.24, 2.45) is 0 Å². The molecule has 0 saturated heterocycles. The Labute approximate surface area is 110 Å². The molecule has 1 N–H and O–H groups in total. The number of aliphatic hydroxyl groups excluding tert-OH is 1. The standard InChI is InChI=1S/C13H14ClFN2O/c1-2-3-13-9(8-18)7-16-17(13)10-4-5-11(14)12(15)6-10/h4-7,18H,2-3,8H2,1H3. The van der Waals surface area contributed by atoms with E-state index in [1.807, 2.05) is 6.92 Å². The van der Waals surface area contributed by atoms with Crippen LogP contribution >= 0.6 is 11.6 Å². The molecule has 18 heavy (non-hydrogen) atoms. The van der Waals surface area contributed by atoms with E-state index in [1.165, 1.54) is 12.1 Å². The maximum atomic E-state index is 13.4. The third-order valence-electron chi connectivity index (χ3n) is 2.76. The molecule has 0 atom stereocenters. The van der Waals surface area contributed by atoms with Crippen LogP contribution in [0.5, 0.6) is 0 Å². The molecule has 0 fully saturated rings. The van der Waals surface area contributed by atoms with Gasteiger partial charge in [-0.3, -0.25) is 0 Å². The van der Waals surface area contributed by atoms with Crippen molar-refractivity contribution in [3.05, 3.63) is 46.5 Å². The fraction of sp³-hybridized carbons (Fsp3) is 0.308. The molecule has 96 valence electrons. The fourth-order valence-electron chi connectivity index (χ4n) is 1.88. The van der Waals surface area contributed by atoms with Crippen LogP contribution in [0.3, 0.4) is 0 Å². The molecule has 5 heteroatoms. The minimum absolute atomic E-state index is 0.0641. The predicted molar refractivity (Wildman–Crippen MR) is 68.4 cm³/mol. The van der Waals surface area contributed by atoms with Gasteiger partial charge in [0.05, 0.1) is 23.5 Å². The molecule has 1 heterocycles. The van der Waals surface area contributed by atoms with Crippen LogP contribution in [0.4, 0.5) is 4.39 Å². The van der Waals surface area contributed by atoms with Crippen molar-refractivity contribution < 1.29 is 9.50 Å². The Kier molecular flexibility index (Phi) is 3.99. The van der Waals surface area contributed by atoms with Crippen molar-refractivity contribution in [1.82, 2.24) is 9.78 Å².